The lowest BCUT2D eigenvalue weighted by Crippen LogP contribution is -2.56. The van der Waals surface area contributed by atoms with E-state index < -0.39 is 11.2 Å². The fraction of sp³-hybridized carbons (Fsp3) is 0.263. The number of para-hydroxylation sites is 2. The summed E-state index contributed by atoms with van der Waals surface area (Å²) in [5.74, 6) is 2.24. The zero-order chi connectivity index (χ0) is 48.2. The van der Waals surface area contributed by atoms with Crippen molar-refractivity contribution in [1.82, 2.24) is 19.2 Å². The van der Waals surface area contributed by atoms with E-state index in [4.69, 9.17) is 14.2 Å². The Hall–Kier alpha value is -8.26. The largest absolute Gasteiger partial charge is 0.502 e. The third-order valence-corrected chi connectivity index (χ3v) is 14.7. The molecule has 2 amide bonds. The molecule has 6 atom stereocenters. The number of hydrogen-bond donors (Lipinski definition) is 1. The predicted molar refractivity (Wildman–Crippen MR) is 266 cm³/mol. The summed E-state index contributed by atoms with van der Waals surface area (Å²) in [6.07, 6.45) is 5.29. The molecule has 2 saturated carbocycles. The van der Waals surface area contributed by atoms with Gasteiger partial charge in [0.25, 0.3) is 11.8 Å². The van der Waals surface area contributed by atoms with Crippen LogP contribution >= 0.6 is 0 Å². The van der Waals surface area contributed by atoms with E-state index in [2.05, 4.69) is 23.2 Å². The maximum absolute atomic E-state index is 14.0. The average molecular weight is 949 g/mol. The van der Waals surface area contributed by atoms with Gasteiger partial charge in [0.2, 0.25) is 10.9 Å². The molecule has 358 valence electrons. The molecule has 5 aromatic carbocycles. The number of fused-ring (bicyclic) bond motifs is 12. The Kier molecular flexibility index (Phi) is 11.3. The standard InChI is InChI=1S/C32H29N3O4.C25H23N3O4/c36-27-15-16-34-30(31(27)39-19-22-9-3-1-4-10-22)32(37)33-18-24-17-25(24)20-38-28-14-8-7-13-26(28)29(35(34)21-33)23-11-5-2-6-12-23;29-20-10-11-27-23(24(20)30)25(31)26-13-17-12-18(17)14-32-21-9-5-4-8-19(21)22(28(27)15-26)16-6-2-1-3-7-16/h1-16,24-25,29H,17-21H2;1-11,17-18,22,30H,12-15H2/t24-,25-,29+;17-,18-,22+/m00/s1. The zero-order valence-electron chi connectivity index (χ0n) is 38.9. The van der Waals surface area contributed by atoms with Crippen molar-refractivity contribution in [2.45, 2.75) is 31.5 Å². The second-order valence-corrected chi connectivity index (χ2v) is 19.3. The molecule has 0 saturated heterocycles. The second kappa shape index (κ2) is 18.2. The molecular formula is C57H52N6O8. The van der Waals surface area contributed by atoms with Crippen LogP contribution in [0, 0.1) is 23.7 Å². The maximum Gasteiger partial charge on any atom is 0.277 e. The zero-order valence-corrected chi connectivity index (χ0v) is 38.9. The van der Waals surface area contributed by atoms with Crippen molar-refractivity contribution in [1.29, 1.82) is 0 Å². The minimum atomic E-state index is -0.556. The third kappa shape index (κ3) is 8.32. The van der Waals surface area contributed by atoms with Gasteiger partial charge in [-0.25, -0.2) is 0 Å². The highest BCUT2D eigenvalue weighted by molar-refractivity contribution is 5.97. The summed E-state index contributed by atoms with van der Waals surface area (Å²) < 4.78 is 22.3. The van der Waals surface area contributed by atoms with Crippen molar-refractivity contribution in [3.05, 3.63) is 224 Å². The van der Waals surface area contributed by atoms with Gasteiger partial charge in [-0.2, -0.15) is 0 Å². The number of carbonyl (C=O) groups is 2. The van der Waals surface area contributed by atoms with E-state index in [0.717, 1.165) is 52.2 Å². The van der Waals surface area contributed by atoms with E-state index in [1.54, 1.807) is 22.0 Å². The van der Waals surface area contributed by atoms with Crippen LogP contribution in [0.3, 0.4) is 0 Å². The highest BCUT2D eigenvalue weighted by Crippen LogP contribution is 2.45. The van der Waals surface area contributed by atoms with Crippen molar-refractivity contribution in [2.24, 2.45) is 23.7 Å². The highest BCUT2D eigenvalue weighted by Gasteiger charge is 2.46. The molecule has 14 heteroatoms. The van der Waals surface area contributed by atoms with Gasteiger partial charge in [0.1, 0.15) is 43.5 Å². The lowest BCUT2D eigenvalue weighted by Gasteiger charge is -2.44. The molecule has 6 aliphatic rings. The summed E-state index contributed by atoms with van der Waals surface area (Å²) in [6.45, 7) is 3.34. The van der Waals surface area contributed by atoms with E-state index in [1.807, 2.05) is 136 Å². The fourth-order valence-electron chi connectivity index (χ4n) is 10.7. The van der Waals surface area contributed by atoms with Crippen molar-refractivity contribution in [3.8, 4) is 23.0 Å². The lowest BCUT2D eigenvalue weighted by atomic mass is 9.97. The number of nitrogens with zero attached hydrogens (tertiary/aromatic N) is 6. The quantitative estimate of drug-likeness (QED) is 0.187. The molecule has 14 nitrogen and oxygen atoms in total. The summed E-state index contributed by atoms with van der Waals surface area (Å²) in [5, 5.41) is 14.8. The van der Waals surface area contributed by atoms with E-state index >= 15 is 0 Å². The minimum Gasteiger partial charge on any atom is -0.502 e. The number of rotatable bonds is 5. The Bertz CT molecular complexity index is 3260. The number of pyridine rings is 2. The molecule has 6 heterocycles. The van der Waals surface area contributed by atoms with Crippen LogP contribution in [0.4, 0.5) is 0 Å². The molecule has 13 rings (SSSR count). The van der Waals surface area contributed by atoms with Gasteiger partial charge in [-0.15, -0.1) is 0 Å². The number of amides is 2. The van der Waals surface area contributed by atoms with Crippen LogP contribution in [0.5, 0.6) is 23.0 Å². The van der Waals surface area contributed by atoms with Crippen LogP contribution in [0.15, 0.2) is 174 Å². The van der Waals surface area contributed by atoms with E-state index in [1.165, 1.54) is 12.1 Å². The van der Waals surface area contributed by atoms with Crippen LogP contribution in [0.25, 0.3) is 0 Å². The number of aromatic hydroxyl groups is 1. The smallest absolute Gasteiger partial charge is 0.277 e. The first-order chi connectivity index (χ1) is 34.8. The molecule has 0 radical (unpaired) electrons. The van der Waals surface area contributed by atoms with Gasteiger partial charge in [0.05, 0.1) is 13.2 Å². The summed E-state index contributed by atoms with van der Waals surface area (Å²) in [6, 6.07) is 48.2. The fourth-order valence-corrected chi connectivity index (χ4v) is 10.7. The van der Waals surface area contributed by atoms with Crippen LogP contribution in [0.2, 0.25) is 0 Å². The summed E-state index contributed by atoms with van der Waals surface area (Å²) in [7, 11) is 0. The van der Waals surface area contributed by atoms with Crippen LogP contribution < -0.4 is 35.1 Å². The van der Waals surface area contributed by atoms with E-state index in [0.29, 0.717) is 63.3 Å². The summed E-state index contributed by atoms with van der Waals surface area (Å²) in [5.41, 5.74) is 4.40. The Morgan fingerprint density at radius 2 is 0.958 bits per heavy atom. The average Bonchev–Trinajstić information content (AvgIpc) is 4.34. The maximum atomic E-state index is 14.0. The Labute approximate surface area is 410 Å². The van der Waals surface area contributed by atoms with Crippen LogP contribution in [-0.2, 0) is 6.61 Å². The molecule has 0 spiro atoms. The van der Waals surface area contributed by atoms with Gasteiger partial charge in [0, 0.05) is 48.7 Å². The molecule has 2 aliphatic carbocycles. The van der Waals surface area contributed by atoms with Gasteiger partial charge >= 0.3 is 0 Å². The first-order valence-electron chi connectivity index (χ1n) is 24.3. The predicted octanol–water partition coefficient (Wildman–Crippen LogP) is 7.32. The van der Waals surface area contributed by atoms with Crippen LogP contribution in [0.1, 0.15) is 73.7 Å². The van der Waals surface area contributed by atoms with Crippen molar-refractivity contribution in [2.75, 3.05) is 49.7 Å². The number of benzene rings is 5. The Balaban J connectivity index is 0.000000149. The molecule has 1 N–H and O–H groups in total. The normalized spacial score (nSPS) is 22.6. The number of carbonyl (C=O) groups excluding carboxylic acids is 2. The molecular weight excluding hydrogens is 897 g/mol. The molecule has 71 heavy (non-hydrogen) atoms. The van der Waals surface area contributed by atoms with Gasteiger partial charge < -0.3 is 29.1 Å². The van der Waals surface area contributed by atoms with Crippen molar-refractivity contribution >= 4 is 11.8 Å². The number of aromatic nitrogens is 2. The monoisotopic (exact) mass is 948 g/mol. The molecule has 2 fully saturated rings. The third-order valence-electron chi connectivity index (χ3n) is 14.7. The molecule has 0 unspecified atom stereocenters. The van der Waals surface area contributed by atoms with Gasteiger partial charge in [-0.05, 0) is 65.3 Å². The second-order valence-electron chi connectivity index (χ2n) is 19.3. The molecule has 2 aromatic heterocycles. The number of ether oxygens (including phenoxy) is 3. The Morgan fingerprint density at radius 3 is 1.49 bits per heavy atom. The van der Waals surface area contributed by atoms with Crippen LogP contribution in [-0.4, -0.2) is 75.7 Å². The molecule has 7 aromatic rings. The first kappa shape index (κ1) is 44.0. The topological polar surface area (TPSA) is 139 Å². The van der Waals surface area contributed by atoms with Gasteiger partial charge in [-0.1, -0.05) is 127 Å². The van der Waals surface area contributed by atoms with Crippen molar-refractivity contribution in [3.63, 3.8) is 0 Å². The first-order valence-corrected chi connectivity index (χ1v) is 24.3. The molecule has 4 aliphatic heterocycles. The van der Waals surface area contributed by atoms with Gasteiger partial charge in [-0.3, -0.25) is 38.5 Å². The Morgan fingerprint density at radius 1 is 0.507 bits per heavy atom. The lowest BCUT2D eigenvalue weighted by molar-refractivity contribution is 0.0659. The van der Waals surface area contributed by atoms with E-state index in [-0.39, 0.29) is 53.1 Å². The van der Waals surface area contributed by atoms with Crippen molar-refractivity contribution < 1.29 is 28.9 Å². The van der Waals surface area contributed by atoms with Gasteiger partial charge in [0.15, 0.2) is 22.9 Å². The summed E-state index contributed by atoms with van der Waals surface area (Å²) in [4.78, 5) is 56.4. The number of hydrogen-bond acceptors (Lipinski definition) is 10. The minimum absolute atomic E-state index is 0.0135. The highest BCUT2D eigenvalue weighted by atomic mass is 16.5. The summed E-state index contributed by atoms with van der Waals surface area (Å²) >= 11 is 0. The molecule has 4 bridgehead atoms. The van der Waals surface area contributed by atoms with E-state index in [9.17, 15) is 24.3 Å². The SMILES string of the molecule is O=C1c2c(O)c(=O)ccn2N2CN1C[C@@H]1C[C@H]1COc1ccccc1[C@H]2c1ccccc1.O=C1c2c(OCc3ccccc3)c(=O)ccn2N2CN1C[C@@H]1C[C@H]1COc1ccccc1[C@H]2c1ccccc1.